The monoisotopic (exact) mass is 100 g/mol. The van der Waals surface area contributed by atoms with Crippen molar-refractivity contribution < 1.29 is 14.3 Å². The quantitative estimate of drug-likeness (QED) is 0.274. The van der Waals surface area contributed by atoms with Gasteiger partial charge in [0.1, 0.15) is 12.5 Å². The van der Waals surface area contributed by atoms with E-state index in [0.717, 1.165) is 6.08 Å². The van der Waals surface area contributed by atoms with E-state index in [0.29, 0.717) is 0 Å². The zero-order valence-electron chi connectivity index (χ0n) is 3.59. The summed E-state index contributed by atoms with van der Waals surface area (Å²) in [6.07, 6.45) is 1.08. The van der Waals surface area contributed by atoms with Gasteiger partial charge in [-0.25, -0.2) is 4.79 Å². The molecule has 38 valence electrons. The first-order valence-electron chi connectivity index (χ1n) is 1.66. The van der Waals surface area contributed by atoms with E-state index in [9.17, 15) is 9.59 Å². The maximum Gasteiger partial charge on any atom is 0.293 e. The van der Waals surface area contributed by atoms with Gasteiger partial charge in [-0.2, -0.15) is 0 Å². The van der Waals surface area contributed by atoms with Crippen molar-refractivity contribution in [2.24, 2.45) is 0 Å². The molecule has 0 aromatic heterocycles. The molecule has 0 radical (unpaired) electrons. The lowest BCUT2D eigenvalue weighted by molar-refractivity contribution is -0.127. The van der Waals surface area contributed by atoms with Gasteiger partial charge in [-0.05, 0) is 0 Å². The maximum absolute atomic E-state index is 9.31. The summed E-state index contributed by atoms with van der Waals surface area (Å²) in [5.74, 6) is 1.44. The third kappa shape index (κ3) is 4.92. The van der Waals surface area contributed by atoms with Crippen molar-refractivity contribution in [3.8, 4) is 0 Å². The second-order valence-electron chi connectivity index (χ2n) is 0.752. The highest BCUT2D eigenvalue weighted by molar-refractivity contribution is 5.46. The molecule has 3 heteroatoms. The Bertz CT molecular complexity index is 91.1. The Hall–Kier alpha value is -1.08. The molecule has 0 N–H and O–H groups in total. The first-order valence-corrected chi connectivity index (χ1v) is 1.66. The van der Waals surface area contributed by atoms with Gasteiger partial charge in [-0.1, -0.05) is 0 Å². The molecule has 0 amide bonds. The summed E-state index contributed by atoms with van der Waals surface area (Å²) in [4.78, 5) is 18.6. The van der Waals surface area contributed by atoms with E-state index in [-0.39, 0.29) is 13.1 Å². The normalized spacial score (nSPS) is 6.29. The molecule has 7 heavy (non-hydrogen) atoms. The van der Waals surface area contributed by atoms with Crippen molar-refractivity contribution in [2.45, 2.75) is 0 Å². The van der Waals surface area contributed by atoms with Crippen LogP contribution in [-0.2, 0) is 14.3 Å². The number of hydrogen-bond acceptors (Lipinski definition) is 3. The van der Waals surface area contributed by atoms with Gasteiger partial charge in [0, 0.05) is 6.08 Å². The largest absolute Gasteiger partial charge is 0.463 e. The summed E-state index contributed by atoms with van der Waals surface area (Å²) in [6.45, 7) is 0.292. The second-order valence-corrected chi connectivity index (χ2v) is 0.752. The summed E-state index contributed by atoms with van der Waals surface area (Å²) in [6, 6.07) is 0. The zero-order valence-corrected chi connectivity index (χ0v) is 3.59. The van der Waals surface area contributed by atoms with E-state index in [1.807, 2.05) is 0 Å². The summed E-state index contributed by atoms with van der Waals surface area (Å²) in [7, 11) is 0. The molecule has 0 aliphatic heterocycles. The highest BCUT2D eigenvalue weighted by Gasteiger charge is 1.69. The lowest BCUT2D eigenvalue weighted by Crippen LogP contribution is -1.84. The summed E-state index contributed by atoms with van der Waals surface area (Å²) < 4.78 is 4.08. The van der Waals surface area contributed by atoms with Crippen molar-refractivity contribution in [1.82, 2.24) is 0 Å². The van der Waals surface area contributed by atoms with E-state index in [1.54, 1.807) is 0 Å². The third-order valence-electron chi connectivity index (χ3n) is 0.331. The Morgan fingerprint density at radius 1 is 1.71 bits per heavy atom. The van der Waals surface area contributed by atoms with Crippen LogP contribution in [0.4, 0.5) is 0 Å². The molecule has 0 heterocycles. The van der Waals surface area contributed by atoms with Crippen LogP contribution >= 0.6 is 0 Å². The number of carbonyl (C=O) groups excluding carboxylic acids is 2. The number of rotatable bonds is 3. The standard InChI is InChI=1S/C4H4O3/c5-2-1-3-7-4-6/h1,4H,3H2. The molecule has 0 aliphatic rings. The Balaban J connectivity index is 2.97. The summed E-state index contributed by atoms with van der Waals surface area (Å²) >= 11 is 0. The molecule has 3 nitrogen and oxygen atoms in total. The van der Waals surface area contributed by atoms with Crippen LogP contribution < -0.4 is 0 Å². The molecule has 0 aromatic carbocycles. The van der Waals surface area contributed by atoms with Crippen LogP contribution in [0.5, 0.6) is 0 Å². The molecular weight excluding hydrogens is 96.0 g/mol. The Labute approximate surface area is 40.6 Å². The van der Waals surface area contributed by atoms with Gasteiger partial charge in [0.15, 0.2) is 0 Å². The van der Waals surface area contributed by atoms with Crippen LogP contribution in [0, 0.1) is 0 Å². The molecule has 0 unspecified atom stereocenters. The van der Waals surface area contributed by atoms with E-state index in [4.69, 9.17) is 0 Å². The van der Waals surface area contributed by atoms with Crippen LogP contribution in [-0.4, -0.2) is 19.0 Å². The molecule has 0 fully saturated rings. The van der Waals surface area contributed by atoms with Crippen molar-refractivity contribution in [3.05, 3.63) is 6.08 Å². The van der Waals surface area contributed by atoms with Gasteiger partial charge in [0.2, 0.25) is 0 Å². The van der Waals surface area contributed by atoms with Crippen LogP contribution in [0.2, 0.25) is 0 Å². The summed E-state index contributed by atoms with van der Waals surface area (Å²) in [5.41, 5.74) is 0. The van der Waals surface area contributed by atoms with E-state index in [2.05, 4.69) is 4.74 Å². The highest BCUT2D eigenvalue weighted by atomic mass is 16.5. The topological polar surface area (TPSA) is 43.4 Å². The fourth-order valence-corrected chi connectivity index (χ4v) is 0.121. The SMILES string of the molecule is O=C=CCOC=O. The van der Waals surface area contributed by atoms with E-state index in [1.165, 1.54) is 5.94 Å². The molecule has 0 aromatic rings. The Morgan fingerprint density at radius 3 is 2.86 bits per heavy atom. The lowest BCUT2D eigenvalue weighted by Gasteiger charge is -1.81. The van der Waals surface area contributed by atoms with Gasteiger partial charge in [0.25, 0.3) is 6.47 Å². The van der Waals surface area contributed by atoms with Crippen molar-refractivity contribution in [1.29, 1.82) is 0 Å². The minimum atomic E-state index is 0.0208. The van der Waals surface area contributed by atoms with Gasteiger partial charge >= 0.3 is 0 Å². The fourth-order valence-electron chi connectivity index (χ4n) is 0.121. The third-order valence-corrected chi connectivity index (χ3v) is 0.331. The molecule has 0 spiro atoms. The van der Waals surface area contributed by atoms with Crippen LogP contribution in [0.1, 0.15) is 0 Å². The average molecular weight is 100 g/mol. The van der Waals surface area contributed by atoms with E-state index < -0.39 is 0 Å². The van der Waals surface area contributed by atoms with E-state index >= 15 is 0 Å². The van der Waals surface area contributed by atoms with Crippen molar-refractivity contribution >= 4 is 12.4 Å². The van der Waals surface area contributed by atoms with Crippen LogP contribution in [0.15, 0.2) is 6.08 Å². The van der Waals surface area contributed by atoms with Gasteiger partial charge in [-0.15, -0.1) is 0 Å². The lowest BCUT2D eigenvalue weighted by atomic mass is 10.7. The predicted molar refractivity (Wildman–Crippen MR) is 22.3 cm³/mol. The molecular formula is C4H4O3. The number of carbonyl (C=O) groups is 1. The van der Waals surface area contributed by atoms with Crippen molar-refractivity contribution in [3.63, 3.8) is 0 Å². The fraction of sp³-hybridized carbons (Fsp3) is 0.250. The highest BCUT2D eigenvalue weighted by Crippen LogP contribution is 1.62. The predicted octanol–water partition coefficient (Wildman–Crippen LogP) is -0.453. The Kier molecular flexibility index (Phi) is 4.16. The second kappa shape index (κ2) is 4.92. The minimum Gasteiger partial charge on any atom is -0.463 e. The van der Waals surface area contributed by atoms with Gasteiger partial charge < -0.3 is 4.74 Å². The van der Waals surface area contributed by atoms with Gasteiger partial charge in [0.05, 0.1) is 0 Å². The maximum atomic E-state index is 9.31. The smallest absolute Gasteiger partial charge is 0.293 e. The van der Waals surface area contributed by atoms with Crippen molar-refractivity contribution in [2.75, 3.05) is 6.61 Å². The summed E-state index contributed by atoms with van der Waals surface area (Å²) in [5, 5.41) is 0. The zero-order chi connectivity index (χ0) is 5.54. The molecule has 0 aliphatic carbocycles. The van der Waals surface area contributed by atoms with Crippen LogP contribution in [0.3, 0.4) is 0 Å². The first kappa shape index (κ1) is 5.92. The molecule has 0 rings (SSSR count). The molecule has 0 saturated carbocycles. The number of ether oxygens (including phenoxy) is 1. The molecule has 0 saturated heterocycles. The minimum absolute atomic E-state index is 0.0208. The number of hydrogen-bond donors (Lipinski definition) is 0. The van der Waals surface area contributed by atoms with Gasteiger partial charge in [-0.3, -0.25) is 4.79 Å². The first-order chi connectivity index (χ1) is 3.41. The van der Waals surface area contributed by atoms with Crippen LogP contribution in [0.25, 0.3) is 0 Å². The molecule has 0 atom stereocenters. The average Bonchev–Trinajstić information content (AvgIpc) is 1.69. The molecule has 0 bridgehead atoms. The Morgan fingerprint density at radius 2 is 2.43 bits per heavy atom.